The lowest BCUT2D eigenvalue weighted by Gasteiger charge is -2.15. The molecule has 0 bridgehead atoms. The first-order chi connectivity index (χ1) is 21.2. The summed E-state index contributed by atoms with van der Waals surface area (Å²) in [6, 6.07) is 27.8. The van der Waals surface area contributed by atoms with E-state index in [1.54, 1.807) is 66.7 Å². The van der Waals surface area contributed by atoms with Gasteiger partial charge < -0.3 is 10.6 Å². The minimum Gasteiger partial charge on any atom is -0.321 e. The third kappa shape index (κ3) is 7.38. The highest BCUT2D eigenvalue weighted by Crippen LogP contribution is 2.35. The summed E-state index contributed by atoms with van der Waals surface area (Å²) in [5.41, 5.74) is 1.52. The predicted molar refractivity (Wildman–Crippen MR) is 176 cm³/mol. The topological polar surface area (TPSA) is 139 Å². The van der Waals surface area contributed by atoms with Crippen LogP contribution in [-0.2, 0) is 14.4 Å². The SMILES string of the molecule is O=C(Nc1cccc(SC2CC(=O)N(c3ccc(I)cc3)C2=O)c1)/C(=C/c1ccc([N+](=O)[O-])cc1)NC(=O)c1ccccc1. The van der Waals surface area contributed by atoms with Gasteiger partial charge in [-0.3, -0.25) is 29.3 Å². The Kier molecular flexibility index (Phi) is 9.50. The van der Waals surface area contributed by atoms with Gasteiger partial charge in [0.1, 0.15) is 5.70 Å². The van der Waals surface area contributed by atoms with Gasteiger partial charge in [0.2, 0.25) is 11.8 Å². The Morgan fingerprint density at radius 1 is 0.932 bits per heavy atom. The molecule has 0 radical (unpaired) electrons. The molecule has 4 aromatic rings. The number of amides is 4. The van der Waals surface area contributed by atoms with E-state index in [1.807, 2.05) is 12.1 Å². The van der Waals surface area contributed by atoms with Crippen molar-refractivity contribution in [3.05, 3.63) is 134 Å². The average Bonchev–Trinajstić information content (AvgIpc) is 3.29. The first-order valence-corrected chi connectivity index (χ1v) is 15.2. The van der Waals surface area contributed by atoms with Crippen LogP contribution in [0.4, 0.5) is 17.1 Å². The third-order valence-electron chi connectivity index (χ3n) is 6.50. The molecule has 0 spiro atoms. The Hall–Kier alpha value is -4.82. The molecule has 12 heteroatoms. The molecule has 4 amide bonds. The molecule has 220 valence electrons. The lowest BCUT2D eigenvalue weighted by Crippen LogP contribution is -2.31. The molecular formula is C32H23IN4O6S. The average molecular weight is 719 g/mol. The van der Waals surface area contributed by atoms with Crippen LogP contribution in [0.5, 0.6) is 0 Å². The molecule has 44 heavy (non-hydrogen) atoms. The van der Waals surface area contributed by atoms with E-state index in [2.05, 4.69) is 33.2 Å². The van der Waals surface area contributed by atoms with E-state index in [-0.39, 0.29) is 29.6 Å². The predicted octanol–water partition coefficient (Wildman–Crippen LogP) is 6.03. The van der Waals surface area contributed by atoms with Crippen LogP contribution in [0.15, 0.2) is 114 Å². The number of rotatable bonds is 9. The first kappa shape index (κ1) is 30.6. The van der Waals surface area contributed by atoms with Crippen LogP contribution in [0, 0.1) is 13.7 Å². The maximum Gasteiger partial charge on any atom is 0.272 e. The van der Waals surface area contributed by atoms with Gasteiger partial charge in [-0.05, 0) is 101 Å². The number of non-ortho nitro benzene ring substituents is 1. The van der Waals surface area contributed by atoms with Gasteiger partial charge in [0.15, 0.2) is 0 Å². The third-order valence-corrected chi connectivity index (χ3v) is 8.40. The van der Waals surface area contributed by atoms with Gasteiger partial charge in [-0.25, -0.2) is 4.90 Å². The lowest BCUT2D eigenvalue weighted by atomic mass is 10.1. The van der Waals surface area contributed by atoms with Gasteiger partial charge in [0.25, 0.3) is 17.5 Å². The molecule has 1 fully saturated rings. The van der Waals surface area contributed by atoms with E-state index in [1.165, 1.54) is 47.0 Å². The largest absolute Gasteiger partial charge is 0.321 e. The zero-order chi connectivity index (χ0) is 31.2. The van der Waals surface area contributed by atoms with Crippen molar-refractivity contribution in [1.29, 1.82) is 0 Å². The number of nitro benzene ring substituents is 1. The fourth-order valence-electron chi connectivity index (χ4n) is 4.37. The molecule has 0 aromatic heterocycles. The minimum atomic E-state index is -0.633. The second-order valence-electron chi connectivity index (χ2n) is 9.56. The van der Waals surface area contributed by atoms with E-state index >= 15 is 0 Å². The van der Waals surface area contributed by atoms with Crippen molar-refractivity contribution in [3.8, 4) is 0 Å². The summed E-state index contributed by atoms with van der Waals surface area (Å²) in [6.07, 6.45) is 1.46. The maximum atomic E-state index is 13.4. The standard InChI is InChI=1S/C32H23IN4O6S/c33-22-11-15-24(16-12-22)36-29(38)19-28(32(36)41)44-26-8-4-7-23(18-26)34-31(40)27(35-30(39)21-5-2-1-3-6-21)17-20-9-13-25(14-10-20)37(42)43/h1-18,28H,19H2,(H,34,40)(H,35,39)/b27-17-. The number of hydrogen-bond acceptors (Lipinski definition) is 7. The van der Waals surface area contributed by atoms with Crippen molar-refractivity contribution in [2.45, 2.75) is 16.6 Å². The van der Waals surface area contributed by atoms with Crippen LogP contribution >= 0.6 is 34.4 Å². The summed E-state index contributed by atoms with van der Waals surface area (Å²) >= 11 is 3.38. The van der Waals surface area contributed by atoms with E-state index < -0.39 is 22.0 Å². The summed E-state index contributed by atoms with van der Waals surface area (Å²) in [4.78, 5) is 64.5. The van der Waals surface area contributed by atoms with Gasteiger partial charge in [-0.15, -0.1) is 11.8 Å². The Morgan fingerprint density at radius 2 is 1.64 bits per heavy atom. The van der Waals surface area contributed by atoms with Crippen LogP contribution in [-0.4, -0.2) is 33.8 Å². The number of carbonyl (C=O) groups excluding carboxylic acids is 4. The van der Waals surface area contributed by atoms with Gasteiger partial charge in [-0.2, -0.15) is 0 Å². The fourth-order valence-corrected chi connectivity index (χ4v) is 5.84. The molecule has 10 nitrogen and oxygen atoms in total. The van der Waals surface area contributed by atoms with E-state index in [0.717, 1.165) is 3.57 Å². The van der Waals surface area contributed by atoms with Crippen LogP contribution < -0.4 is 15.5 Å². The molecule has 1 aliphatic heterocycles. The molecule has 0 aliphatic carbocycles. The van der Waals surface area contributed by atoms with E-state index in [0.29, 0.717) is 27.4 Å². The van der Waals surface area contributed by atoms with Crippen molar-refractivity contribution in [2.24, 2.45) is 0 Å². The van der Waals surface area contributed by atoms with Gasteiger partial charge in [0, 0.05) is 38.3 Å². The van der Waals surface area contributed by atoms with E-state index in [9.17, 15) is 29.3 Å². The quantitative estimate of drug-likeness (QED) is 0.0709. The van der Waals surface area contributed by atoms with Crippen LogP contribution in [0.25, 0.3) is 6.08 Å². The summed E-state index contributed by atoms with van der Waals surface area (Å²) in [5.74, 6) is -1.74. The van der Waals surface area contributed by atoms with Crippen molar-refractivity contribution < 1.29 is 24.1 Å². The number of imide groups is 1. The molecule has 2 N–H and O–H groups in total. The molecule has 1 heterocycles. The van der Waals surface area contributed by atoms with Crippen LogP contribution in [0.1, 0.15) is 22.3 Å². The fraction of sp³-hybridized carbons (Fsp3) is 0.0625. The molecule has 1 atom stereocenters. The van der Waals surface area contributed by atoms with Crippen molar-refractivity contribution in [1.82, 2.24) is 5.32 Å². The normalized spacial score (nSPS) is 14.8. The Labute approximate surface area is 269 Å². The van der Waals surface area contributed by atoms with E-state index in [4.69, 9.17) is 0 Å². The minimum absolute atomic E-state index is 0.0414. The first-order valence-electron chi connectivity index (χ1n) is 13.2. The molecule has 0 saturated carbocycles. The number of thioether (sulfide) groups is 1. The highest BCUT2D eigenvalue weighted by molar-refractivity contribution is 14.1. The second-order valence-corrected chi connectivity index (χ2v) is 12.1. The molecule has 5 rings (SSSR count). The van der Waals surface area contributed by atoms with Gasteiger partial charge >= 0.3 is 0 Å². The maximum absolute atomic E-state index is 13.4. The number of benzene rings is 4. The Morgan fingerprint density at radius 3 is 2.32 bits per heavy atom. The number of hydrogen-bond donors (Lipinski definition) is 2. The van der Waals surface area contributed by atoms with Gasteiger partial charge in [-0.1, -0.05) is 24.3 Å². The number of carbonyl (C=O) groups is 4. The summed E-state index contributed by atoms with van der Waals surface area (Å²) in [7, 11) is 0. The number of anilines is 2. The summed E-state index contributed by atoms with van der Waals surface area (Å²) in [6.45, 7) is 0. The van der Waals surface area contributed by atoms with Crippen molar-refractivity contribution in [3.63, 3.8) is 0 Å². The highest BCUT2D eigenvalue weighted by Gasteiger charge is 2.40. The zero-order valence-corrected chi connectivity index (χ0v) is 25.8. The molecular weight excluding hydrogens is 695 g/mol. The lowest BCUT2D eigenvalue weighted by molar-refractivity contribution is -0.384. The summed E-state index contributed by atoms with van der Waals surface area (Å²) in [5, 5.41) is 15.8. The Balaban J connectivity index is 1.33. The number of halogens is 1. The summed E-state index contributed by atoms with van der Waals surface area (Å²) < 4.78 is 0.987. The highest BCUT2D eigenvalue weighted by atomic mass is 127. The van der Waals surface area contributed by atoms with Gasteiger partial charge in [0.05, 0.1) is 15.9 Å². The second kappa shape index (κ2) is 13.7. The van der Waals surface area contributed by atoms with Crippen LogP contribution in [0.2, 0.25) is 0 Å². The molecule has 4 aromatic carbocycles. The monoisotopic (exact) mass is 718 g/mol. The number of nitro groups is 1. The number of nitrogens with zero attached hydrogens (tertiary/aromatic N) is 2. The van der Waals surface area contributed by atoms with Crippen molar-refractivity contribution >= 4 is 81.1 Å². The van der Waals surface area contributed by atoms with Crippen molar-refractivity contribution in [2.75, 3.05) is 10.2 Å². The molecule has 1 saturated heterocycles. The smallest absolute Gasteiger partial charge is 0.272 e. The Bertz CT molecular complexity index is 1780. The number of nitrogens with one attached hydrogen (secondary N) is 2. The molecule has 1 aliphatic rings. The van der Waals surface area contributed by atoms with Crippen LogP contribution in [0.3, 0.4) is 0 Å². The molecule has 1 unspecified atom stereocenters. The zero-order valence-electron chi connectivity index (χ0n) is 22.8.